The summed E-state index contributed by atoms with van der Waals surface area (Å²) in [4.78, 5) is 34.1. The highest BCUT2D eigenvalue weighted by molar-refractivity contribution is 9.10. The molecule has 1 aliphatic heterocycles. The number of carbonyl (C=O) groups excluding carboxylic acids is 3. The van der Waals surface area contributed by atoms with E-state index in [0.717, 1.165) is 10.5 Å². The normalized spacial score (nSPS) is 14.9. The Morgan fingerprint density at radius 1 is 1.25 bits per heavy atom. The van der Waals surface area contributed by atoms with Gasteiger partial charge in [-0.05, 0) is 37.3 Å². The van der Waals surface area contributed by atoms with Crippen LogP contribution in [0.2, 0.25) is 0 Å². The number of imide groups is 1. The Labute approximate surface area is 123 Å². The third-order valence-electron chi connectivity index (χ3n) is 2.50. The molecule has 0 radical (unpaired) electrons. The summed E-state index contributed by atoms with van der Waals surface area (Å²) in [6.45, 7) is 1.51. The molecule has 1 aromatic rings. The van der Waals surface area contributed by atoms with E-state index in [1.807, 2.05) is 0 Å². The van der Waals surface area contributed by atoms with E-state index in [4.69, 9.17) is 4.74 Å². The number of nitrogens with one attached hydrogen (secondary N) is 1. The van der Waals surface area contributed by atoms with Crippen molar-refractivity contribution in [3.05, 3.63) is 52.0 Å². The average molecular weight is 336 g/mol. The molecule has 2 amide bonds. The molecule has 0 atom stereocenters. The van der Waals surface area contributed by atoms with E-state index in [9.17, 15) is 14.4 Å². The molecule has 6 heteroatoms. The van der Waals surface area contributed by atoms with Gasteiger partial charge in [0.25, 0.3) is 11.8 Å². The predicted molar refractivity (Wildman–Crippen MR) is 74.8 cm³/mol. The van der Waals surface area contributed by atoms with Gasteiger partial charge in [0.15, 0.2) is 0 Å². The largest absolute Gasteiger partial charge is 0.423 e. The second kappa shape index (κ2) is 5.83. The zero-order chi connectivity index (χ0) is 14.7. The molecule has 1 aromatic carbocycles. The number of halogens is 1. The van der Waals surface area contributed by atoms with Crippen LogP contribution < -0.4 is 10.1 Å². The van der Waals surface area contributed by atoms with E-state index in [0.29, 0.717) is 5.75 Å². The molecule has 1 N–H and O–H groups in total. The van der Waals surface area contributed by atoms with Gasteiger partial charge in [-0.1, -0.05) is 15.9 Å². The lowest BCUT2D eigenvalue weighted by atomic mass is 10.2. The fraction of sp³-hybridized carbons (Fsp3) is 0.0714. The van der Waals surface area contributed by atoms with Crippen LogP contribution in [0.15, 0.2) is 52.0 Å². The number of rotatable bonds is 3. The minimum absolute atomic E-state index is 0.139. The molecule has 0 bridgehead atoms. The first-order valence-electron chi connectivity index (χ1n) is 5.69. The van der Waals surface area contributed by atoms with Gasteiger partial charge in [-0.3, -0.25) is 14.9 Å². The molecule has 102 valence electrons. The molecule has 0 spiro atoms. The molecule has 20 heavy (non-hydrogen) atoms. The van der Waals surface area contributed by atoms with Crippen LogP contribution in [0.4, 0.5) is 0 Å². The fourth-order valence-electron chi connectivity index (χ4n) is 1.52. The molecule has 0 unspecified atom stereocenters. The summed E-state index contributed by atoms with van der Waals surface area (Å²) >= 11 is 3.28. The van der Waals surface area contributed by atoms with Crippen LogP contribution in [0.25, 0.3) is 0 Å². The topological polar surface area (TPSA) is 72.5 Å². The molecule has 0 saturated carbocycles. The van der Waals surface area contributed by atoms with Gasteiger partial charge < -0.3 is 4.74 Å². The van der Waals surface area contributed by atoms with Crippen molar-refractivity contribution in [2.75, 3.05) is 0 Å². The van der Waals surface area contributed by atoms with Gasteiger partial charge in [-0.25, -0.2) is 4.79 Å². The van der Waals surface area contributed by atoms with Gasteiger partial charge in [-0.2, -0.15) is 0 Å². The summed E-state index contributed by atoms with van der Waals surface area (Å²) in [6.07, 6.45) is 2.46. The average Bonchev–Trinajstić information content (AvgIpc) is 2.70. The van der Waals surface area contributed by atoms with E-state index in [1.54, 1.807) is 24.3 Å². The van der Waals surface area contributed by atoms with Crippen molar-refractivity contribution < 1.29 is 19.1 Å². The summed E-state index contributed by atoms with van der Waals surface area (Å²) in [7, 11) is 0. The van der Waals surface area contributed by atoms with Crippen molar-refractivity contribution in [1.82, 2.24) is 5.32 Å². The van der Waals surface area contributed by atoms with Crippen LogP contribution in [-0.4, -0.2) is 17.8 Å². The number of hydrogen-bond acceptors (Lipinski definition) is 4. The SMILES string of the molecule is CC(=CC1=CC(=O)NC1=O)C(=O)Oc1ccc(Br)cc1. The van der Waals surface area contributed by atoms with Crippen LogP contribution in [0.5, 0.6) is 5.75 Å². The molecule has 0 fully saturated rings. The second-order valence-electron chi connectivity index (χ2n) is 4.09. The number of benzene rings is 1. The summed E-state index contributed by atoms with van der Waals surface area (Å²) in [5, 5.41) is 2.09. The number of esters is 1. The Bertz CT molecular complexity index is 644. The first-order valence-corrected chi connectivity index (χ1v) is 6.48. The molecular weight excluding hydrogens is 326 g/mol. The smallest absolute Gasteiger partial charge is 0.339 e. The number of amides is 2. The minimum atomic E-state index is -0.583. The fourth-order valence-corrected chi connectivity index (χ4v) is 1.78. The van der Waals surface area contributed by atoms with Crippen molar-refractivity contribution in [3.8, 4) is 5.75 Å². The predicted octanol–water partition coefficient (Wildman–Crippen LogP) is 1.88. The third-order valence-corrected chi connectivity index (χ3v) is 3.03. The number of hydrogen-bond donors (Lipinski definition) is 1. The summed E-state index contributed by atoms with van der Waals surface area (Å²) in [6, 6.07) is 6.77. The highest BCUT2D eigenvalue weighted by atomic mass is 79.9. The second-order valence-corrected chi connectivity index (χ2v) is 5.00. The number of carbonyl (C=O) groups is 3. The van der Waals surface area contributed by atoms with E-state index in [2.05, 4.69) is 21.2 Å². The van der Waals surface area contributed by atoms with Gasteiger partial charge in [0, 0.05) is 21.7 Å². The lowest BCUT2D eigenvalue weighted by molar-refractivity contribution is -0.130. The quantitative estimate of drug-likeness (QED) is 0.396. The molecule has 0 aromatic heterocycles. The molecule has 5 nitrogen and oxygen atoms in total. The monoisotopic (exact) mass is 335 g/mol. The van der Waals surface area contributed by atoms with Crippen molar-refractivity contribution in [2.24, 2.45) is 0 Å². The first kappa shape index (κ1) is 14.2. The van der Waals surface area contributed by atoms with Crippen LogP contribution in [-0.2, 0) is 14.4 Å². The molecular formula is C14H10BrNO4. The van der Waals surface area contributed by atoms with Crippen LogP contribution in [0, 0.1) is 0 Å². The maximum Gasteiger partial charge on any atom is 0.339 e. The lowest BCUT2D eigenvalue weighted by Crippen LogP contribution is -2.22. The molecule has 1 heterocycles. The Balaban J connectivity index is 2.09. The maximum atomic E-state index is 11.8. The summed E-state index contributed by atoms with van der Waals surface area (Å²) in [5.41, 5.74) is 0.365. The van der Waals surface area contributed by atoms with Crippen LogP contribution in [0.3, 0.4) is 0 Å². The van der Waals surface area contributed by atoms with Crippen LogP contribution >= 0.6 is 15.9 Å². The Hall–Kier alpha value is -2.21. The molecule has 0 aliphatic carbocycles. The summed E-state index contributed by atoms with van der Waals surface area (Å²) < 4.78 is 6.00. The zero-order valence-electron chi connectivity index (χ0n) is 10.5. The standard InChI is InChI=1S/C14H10BrNO4/c1-8(6-9-7-12(17)16-13(9)18)14(19)20-11-4-2-10(15)3-5-11/h2-7H,1H3,(H,16,17,18). The van der Waals surface area contributed by atoms with Gasteiger partial charge in [0.2, 0.25) is 0 Å². The first-order chi connectivity index (χ1) is 9.45. The van der Waals surface area contributed by atoms with E-state index in [-0.39, 0.29) is 11.1 Å². The van der Waals surface area contributed by atoms with E-state index < -0.39 is 17.8 Å². The minimum Gasteiger partial charge on any atom is -0.423 e. The highest BCUT2D eigenvalue weighted by Gasteiger charge is 2.20. The van der Waals surface area contributed by atoms with Crippen molar-refractivity contribution >= 4 is 33.7 Å². The van der Waals surface area contributed by atoms with E-state index >= 15 is 0 Å². The van der Waals surface area contributed by atoms with Crippen molar-refractivity contribution in [3.63, 3.8) is 0 Å². The van der Waals surface area contributed by atoms with Crippen molar-refractivity contribution in [1.29, 1.82) is 0 Å². The highest BCUT2D eigenvalue weighted by Crippen LogP contribution is 2.17. The maximum absolute atomic E-state index is 11.8. The third kappa shape index (κ3) is 3.42. The zero-order valence-corrected chi connectivity index (χ0v) is 12.1. The Morgan fingerprint density at radius 3 is 2.45 bits per heavy atom. The van der Waals surface area contributed by atoms with Gasteiger partial charge >= 0.3 is 5.97 Å². The van der Waals surface area contributed by atoms with Crippen molar-refractivity contribution in [2.45, 2.75) is 6.92 Å². The van der Waals surface area contributed by atoms with Crippen LogP contribution in [0.1, 0.15) is 6.92 Å². The Kier molecular flexibility index (Phi) is 4.14. The molecule has 1 aliphatic rings. The number of ether oxygens (including phenoxy) is 1. The molecule has 0 saturated heterocycles. The van der Waals surface area contributed by atoms with Gasteiger partial charge in [0.1, 0.15) is 5.75 Å². The Morgan fingerprint density at radius 2 is 1.90 bits per heavy atom. The van der Waals surface area contributed by atoms with Gasteiger partial charge in [-0.15, -0.1) is 0 Å². The summed E-state index contributed by atoms with van der Waals surface area (Å²) in [5.74, 6) is -1.20. The van der Waals surface area contributed by atoms with Gasteiger partial charge in [0.05, 0.1) is 0 Å². The lowest BCUT2D eigenvalue weighted by Gasteiger charge is -2.04. The van der Waals surface area contributed by atoms with E-state index in [1.165, 1.54) is 13.0 Å². The molecule has 2 rings (SSSR count).